The van der Waals surface area contributed by atoms with Crippen molar-refractivity contribution >= 4 is 27.5 Å². The largest absolute Gasteiger partial charge is 0.397 e. The summed E-state index contributed by atoms with van der Waals surface area (Å²) in [5, 5.41) is -0.270. The van der Waals surface area contributed by atoms with Crippen LogP contribution in [0.4, 0.5) is 9.57 Å². The fourth-order valence-corrected chi connectivity index (χ4v) is 1.98. The number of nitrogens with two attached hydrogens (primary N) is 1. The van der Waals surface area contributed by atoms with E-state index in [9.17, 15) is 12.3 Å². The smallest absolute Gasteiger partial charge is 0.333 e. The van der Waals surface area contributed by atoms with Gasteiger partial charge in [0.15, 0.2) is 0 Å². The summed E-state index contributed by atoms with van der Waals surface area (Å²) in [7, 11) is -4.79. The molecule has 13 heavy (non-hydrogen) atoms. The molecular formula is C7H7ClFNO2S. The van der Waals surface area contributed by atoms with Crippen LogP contribution >= 0.6 is 11.6 Å². The van der Waals surface area contributed by atoms with Crippen LogP contribution < -0.4 is 5.73 Å². The maximum atomic E-state index is 12.6. The third-order valence-electron chi connectivity index (χ3n) is 1.47. The number of aryl methyl sites for hydroxylation is 1. The van der Waals surface area contributed by atoms with Gasteiger partial charge < -0.3 is 5.73 Å². The van der Waals surface area contributed by atoms with E-state index in [1.54, 1.807) is 6.92 Å². The van der Waals surface area contributed by atoms with E-state index in [1.807, 2.05) is 0 Å². The molecule has 3 nitrogen and oxygen atoms in total. The van der Waals surface area contributed by atoms with Gasteiger partial charge in [-0.25, -0.2) is 0 Å². The number of nitrogen functional groups attached to an aromatic ring is 1. The van der Waals surface area contributed by atoms with Crippen molar-refractivity contribution in [2.24, 2.45) is 0 Å². The zero-order valence-corrected chi connectivity index (χ0v) is 8.29. The molecule has 0 amide bonds. The van der Waals surface area contributed by atoms with Crippen molar-refractivity contribution in [2.45, 2.75) is 11.8 Å². The van der Waals surface area contributed by atoms with Crippen LogP contribution in [0.15, 0.2) is 17.0 Å². The first-order valence-corrected chi connectivity index (χ1v) is 5.09. The highest BCUT2D eigenvalue weighted by Crippen LogP contribution is 2.29. The van der Waals surface area contributed by atoms with Crippen molar-refractivity contribution in [1.29, 1.82) is 0 Å². The minimum atomic E-state index is -4.79. The summed E-state index contributed by atoms with van der Waals surface area (Å²) >= 11 is 5.51. The van der Waals surface area contributed by atoms with Gasteiger partial charge in [0.2, 0.25) is 0 Å². The molecule has 0 aromatic heterocycles. The third kappa shape index (κ3) is 2.10. The number of benzene rings is 1. The van der Waals surface area contributed by atoms with Crippen LogP contribution in [0, 0.1) is 6.92 Å². The summed E-state index contributed by atoms with van der Waals surface area (Å²) in [5.41, 5.74) is 5.95. The number of rotatable bonds is 1. The Morgan fingerprint density at radius 3 is 2.46 bits per heavy atom. The van der Waals surface area contributed by atoms with Crippen LogP contribution in [0.25, 0.3) is 0 Å². The summed E-state index contributed by atoms with van der Waals surface area (Å²) in [5.74, 6) is 0. The molecular weight excluding hydrogens is 217 g/mol. The van der Waals surface area contributed by atoms with Gasteiger partial charge in [-0.2, -0.15) is 8.42 Å². The van der Waals surface area contributed by atoms with Gasteiger partial charge in [-0.15, -0.1) is 3.89 Å². The maximum Gasteiger partial charge on any atom is 0.333 e. The molecule has 72 valence electrons. The van der Waals surface area contributed by atoms with E-state index in [1.165, 1.54) is 6.07 Å². The molecule has 0 bridgehead atoms. The Morgan fingerprint density at radius 2 is 2.00 bits per heavy atom. The van der Waals surface area contributed by atoms with Crippen LogP contribution in [0.5, 0.6) is 0 Å². The quantitative estimate of drug-likeness (QED) is 0.584. The Balaban J connectivity index is 3.56. The molecule has 6 heteroatoms. The van der Waals surface area contributed by atoms with E-state index in [0.717, 1.165) is 6.07 Å². The molecule has 1 aromatic carbocycles. The number of halogens is 2. The van der Waals surface area contributed by atoms with Gasteiger partial charge in [0.05, 0.1) is 10.7 Å². The van der Waals surface area contributed by atoms with Crippen LogP contribution in [0.2, 0.25) is 5.02 Å². The Hall–Kier alpha value is -0.810. The molecule has 0 fully saturated rings. The second-order valence-corrected chi connectivity index (χ2v) is 4.30. The Bertz CT molecular complexity index is 444. The first kappa shape index (κ1) is 10.3. The fraction of sp³-hybridized carbons (Fsp3) is 0.143. The van der Waals surface area contributed by atoms with Crippen LogP contribution in [0.1, 0.15) is 5.56 Å². The average molecular weight is 224 g/mol. The van der Waals surface area contributed by atoms with Gasteiger partial charge in [-0.05, 0) is 24.6 Å². The Morgan fingerprint density at radius 1 is 1.46 bits per heavy atom. The molecule has 0 aliphatic carbocycles. The highest BCUT2D eigenvalue weighted by molar-refractivity contribution is 7.86. The van der Waals surface area contributed by atoms with Gasteiger partial charge in [0.1, 0.15) is 4.90 Å². The van der Waals surface area contributed by atoms with Gasteiger partial charge in [0.25, 0.3) is 0 Å². The summed E-state index contributed by atoms with van der Waals surface area (Å²) < 4.78 is 33.7. The van der Waals surface area contributed by atoms with Gasteiger partial charge >= 0.3 is 10.2 Å². The molecule has 0 aliphatic heterocycles. The third-order valence-corrected chi connectivity index (χ3v) is 2.86. The topological polar surface area (TPSA) is 60.2 Å². The molecule has 1 rings (SSSR count). The van der Waals surface area contributed by atoms with E-state index < -0.39 is 15.1 Å². The predicted octanol–water partition coefficient (Wildman–Crippen LogP) is 1.89. The van der Waals surface area contributed by atoms with E-state index in [0.29, 0.717) is 5.56 Å². The van der Waals surface area contributed by atoms with Crippen molar-refractivity contribution in [3.8, 4) is 0 Å². The molecule has 0 aliphatic rings. The SMILES string of the molecule is Cc1cc(N)c(Cl)c(S(=O)(=O)F)c1. The lowest BCUT2D eigenvalue weighted by Gasteiger charge is -2.03. The highest BCUT2D eigenvalue weighted by atomic mass is 35.5. The van der Waals surface area contributed by atoms with Crippen molar-refractivity contribution in [2.75, 3.05) is 5.73 Å². The van der Waals surface area contributed by atoms with Gasteiger partial charge in [-0.1, -0.05) is 11.6 Å². The molecule has 0 radical (unpaired) electrons. The molecule has 0 spiro atoms. The van der Waals surface area contributed by atoms with Crippen molar-refractivity contribution in [3.63, 3.8) is 0 Å². The zero-order chi connectivity index (χ0) is 10.2. The number of anilines is 1. The maximum absolute atomic E-state index is 12.6. The van der Waals surface area contributed by atoms with Crippen molar-refractivity contribution in [3.05, 3.63) is 22.7 Å². The van der Waals surface area contributed by atoms with Gasteiger partial charge in [-0.3, -0.25) is 0 Å². The Labute approximate surface area is 80.5 Å². The van der Waals surface area contributed by atoms with E-state index >= 15 is 0 Å². The summed E-state index contributed by atoms with van der Waals surface area (Å²) in [6.07, 6.45) is 0. The molecule has 2 N–H and O–H groups in total. The first-order valence-electron chi connectivity index (χ1n) is 3.32. The highest BCUT2D eigenvalue weighted by Gasteiger charge is 2.18. The summed E-state index contributed by atoms with van der Waals surface area (Å²) in [6.45, 7) is 1.60. The Kier molecular flexibility index (Phi) is 2.49. The molecule has 0 heterocycles. The molecule has 0 saturated carbocycles. The average Bonchev–Trinajstić information content (AvgIpc) is 1.94. The van der Waals surface area contributed by atoms with E-state index in [2.05, 4.69) is 0 Å². The lowest BCUT2D eigenvalue weighted by molar-refractivity contribution is 0.552. The molecule has 1 aromatic rings. The molecule has 0 atom stereocenters. The molecule has 0 unspecified atom stereocenters. The number of hydrogen-bond acceptors (Lipinski definition) is 3. The lowest BCUT2D eigenvalue weighted by Crippen LogP contribution is -1.98. The summed E-state index contributed by atoms with van der Waals surface area (Å²) in [6, 6.07) is 2.60. The van der Waals surface area contributed by atoms with Crippen LogP contribution in [-0.2, 0) is 10.2 Å². The minimum Gasteiger partial charge on any atom is -0.397 e. The first-order chi connectivity index (χ1) is 5.82. The van der Waals surface area contributed by atoms with Crippen molar-refractivity contribution in [1.82, 2.24) is 0 Å². The monoisotopic (exact) mass is 223 g/mol. The van der Waals surface area contributed by atoms with Crippen LogP contribution in [0.3, 0.4) is 0 Å². The van der Waals surface area contributed by atoms with E-state index in [-0.39, 0.29) is 10.7 Å². The summed E-state index contributed by atoms with van der Waals surface area (Å²) in [4.78, 5) is -0.577. The van der Waals surface area contributed by atoms with E-state index in [4.69, 9.17) is 17.3 Å². The minimum absolute atomic E-state index is 0.0536. The standard InChI is InChI=1S/C7H7ClFNO2S/c1-4-2-5(10)7(8)6(3-4)13(9,11)12/h2-3H,10H2,1H3. The lowest BCUT2D eigenvalue weighted by atomic mass is 10.2. The van der Waals surface area contributed by atoms with Gasteiger partial charge in [0, 0.05) is 0 Å². The zero-order valence-electron chi connectivity index (χ0n) is 6.71. The fourth-order valence-electron chi connectivity index (χ4n) is 0.940. The van der Waals surface area contributed by atoms with Crippen molar-refractivity contribution < 1.29 is 12.3 Å². The van der Waals surface area contributed by atoms with Crippen LogP contribution in [-0.4, -0.2) is 8.42 Å². The second kappa shape index (κ2) is 3.16. The second-order valence-electron chi connectivity index (χ2n) is 2.60. The molecule has 0 saturated heterocycles. The number of hydrogen-bond donors (Lipinski definition) is 1. The predicted molar refractivity (Wildman–Crippen MR) is 48.9 cm³/mol. The normalized spacial score (nSPS) is 11.6.